The van der Waals surface area contributed by atoms with Crippen LogP contribution in [0.4, 0.5) is 0 Å². The van der Waals surface area contributed by atoms with Crippen molar-refractivity contribution in [1.82, 2.24) is 0 Å². The molecule has 20 heavy (non-hydrogen) atoms. The molecule has 0 aliphatic rings. The standard InChI is InChI=1S/C18H20O2/c1-17(2,16(19)20)18(3,14-10-6-4-7-11-14)15-12-8-5-9-13-15/h4-13H,1-3H3,(H,19,20). The number of aliphatic carboxylic acids is 1. The molecule has 2 aromatic carbocycles. The summed E-state index contributed by atoms with van der Waals surface area (Å²) in [6.07, 6.45) is 0. The Morgan fingerprint density at radius 3 is 1.45 bits per heavy atom. The number of carboxylic acid groups (broad SMARTS) is 1. The van der Waals surface area contributed by atoms with Gasteiger partial charge in [-0.05, 0) is 25.0 Å². The first kappa shape index (κ1) is 14.3. The van der Waals surface area contributed by atoms with E-state index in [0.717, 1.165) is 11.1 Å². The van der Waals surface area contributed by atoms with Crippen molar-refractivity contribution in [2.24, 2.45) is 5.41 Å². The molecule has 1 N–H and O–H groups in total. The molecule has 0 aliphatic carbocycles. The maximum Gasteiger partial charge on any atom is 0.310 e. The predicted molar refractivity (Wildman–Crippen MR) is 80.8 cm³/mol. The van der Waals surface area contributed by atoms with Gasteiger partial charge in [0.05, 0.1) is 5.41 Å². The van der Waals surface area contributed by atoms with Gasteiger partial charge in [0.15, 0.2) is 0 Å². The maximum atomic E-state index is 11.8. The van der Waals surface area contributed by atoms with Gasteiger partial charge in [0.1, 0.15) is 0 Å². The number of rotatable bonds is 4. The average molecular weight is 268 g/mol. The lowest BCUT2D eigenvalue weighted by atomic mass is 9.59. The summed E-state index contributed by atoms with van der Waals surface area (Å²) in [7, 11) is 0. The normalized spacial score (nSPS) is 12.2. The summed E-state index contributed by atoms with van der Waals surface area (Å²) in [5.74, 6) is -0.798. The van der Waals surface area contributed by atoms with Crippen molar-refractivity contribution in [3.8, 4) is 0 Å². The molecule has 0 aliphatic heterocycles. The topological polar surface area (TPSA) is 37.3 Å². The smallest absolute Gasteiger partial charge is 0.310 e. The van der Waals surface area contributed by atoms with Crippen molar-refractivity contribution in [2.75, 3.05) is 0 Å². The number of hydrogen-bond acceptors (Lipinski definition) is 1. The molecule has 0 radical (unpaired) electrons. The van der Waals surface area contributed by atoms with Gasteiger partial charge in [-0.3, -0.25) is 4.79 Å². The molecule has 0 atom stereocenters. The van der Waals surface area contributed by atoms with Gasteiger partial charge in [0.2, 0.25) is 0 Å². The minimum atomic E-state index is -0.921. The maximum absolute atomic E-state index is 11.8. The molecule has 0 saturated carbocycles. The Balaban J connectivity index is 2.71. The fraction of sp³-hybridized carbons (Fsp3) is 0.278. The molecule has 2 heteroatoms. The van der Waals surface area contributed by atoms with Crippen LogP contribution in [0, 0.1) is 5.41 Å². The van der Waals surface area contributed by atoms with E-state index in [0.29, 0.717) is 0 Å². The number of carbonyl (C=O) groups is 1. The van der Waals surface area contributed by atoms with Gasteiger partial charge in [-0.25, -0.2) is 0 Å². The van der Waals surface area contributed by atoms with Crippen LogP contribution in [-0.2, 0) is 10.2 Å². The Bertz CT molecular complexity index is 546. The molecule has 0 amide bonds. The second kappa shape index (κ2) is 5.12. The van der Waals surface area contributed by atoms with E-state index < -0.39 is 16.8 Å². The minimum absolute atomic E-state index is 0.596. The molecule has 2 nitrogen and oxygen atoms in total. The number of benzene rings is 2. The Hall–Kier alpha value is -2.09. The summed E-state index contributed by atoms with van der Waals surface area (Å²) >= 11 is 0. The molecule has 0 saturated heterocycles. The fourth-order valence-corrected chi connectivity index (χ4v) is 2.65. The van der Waals surface area contributed by atoms with Crippen LogP contribution in [0.1, 0.15) is 31.9 Å². The van der Waals surface area contributed by atoms with Gasteiger partial charge >= 0.3 is 5.97 Å². The summed E-state index contributed by atoms with van der Waals surface area (Å²) in [5, 5.41) is 9.70. The summed E-state index contributed by atoms with van der Waals surface area (Å²) in [6.45, 7) is 5.58. The zero-order valence-electron chi connectivity index (χ0n) is 12.1. The van der Waals surface area contributed by atoms with Crippen LogP contribution >= 0.6 is 0 Å². The van der Waals surface area contributed by atoms with E-state index in [9.17, 15) is 9.90 Å². The molecule has 0 heterocycles. The highest BCUT2D eigenvalue weighted by Gasteiger charge is 2.48. The molecule has 0 aromatic heterocycles. The monoisotopic (exact) mass is 268 g/mol. The highest BCUT2D eigenvalue weighted by molar-refractivity contribution is 5.77. The zero-order chi connectivity index (χ0) is 14.8. The first-order valence-electron chi connectivity index (χ1n) is 6.75. The van der Waals surface area contributed by atoms with E-state index in [4.69, 9.17) is 0 Å². The Morgan fingerprint density at radius 2 is 1.15 bits per heavy atom. The largest absolute Gasteiger partial charge is 0.481 e. The van der Waals surface area contributed by atoms with Crippen LogP contribution in [0.3, 0.4) is 0 Å². The Kier molecular flexibility index (Phi) is 3.67. The zero-order valence-corrected chi connectivity index (χ0v) is 12.1. The van der Waals surface area contributed by atoms with E-state index in [1.807, 2.05) is 67.6 Å². The van der Waals surface area contributed by atoms with Crippen molar-refractivity contribution >= 4 is 5.97 Å². The van der Waals surface area contributed by atoms with Crippen LogP contribution in [-0.4, -0.2) is 11.1 Å². The fourth-order valence-electron chi connectivity index (χ4n) is 2.65. The van der Waals surface area contributed by atoms with E-state index in [2.05, 4.69) is 0 Å². The number of hydrogen-bond donors (Lipinski definition) is 1. The van der Waals surface area contributed by atoms with E-state index in [1.54, 1.807) is 13.8 Å². The van der Waals surface area contributed by atoms with Crippen LogP contribution in [0.15, 0.2) is 60.7 Å². The third kappa shape index (κ3) is 2.11. The van der Waals surface area contributed by atoms with Crippen molar-refractivity contribution < 1.29 is 9.90 Å². The molecule has 0 bridgehead atoms. The van der Waals surface area contributed by atoms with Gasteiger partial charge in [-0.2, -0.15) is 0 Å². The van der Waals surface area contributed by atoms with Gasteiger partial charge < -0.3 is 5.11 Å². The van der Waals surface area contributed by atoms with Crippen LogP contribution < -0.4 is 0 Å². The van der Waals surface area contributed by atoms with Crippen molar-refractivity contribution in [3.05, 3.63) is 71.8 Å². The van der Waals surface area contributed by atoms with Gasteiger partial charge in [-0.15, -0.1) is 0 Å². The lowest BCUT2D eigenvalue weighted by Crippen LogP contribution is -2.45. The molecule has 104 valence electrons. The van der Waals surface area contributed by atoms with E-state index in [1.165, 1.54) is 0 Å². The average Bonchev–Trinajstić information content (AvgIpc) is 2.48. The minimum Gasteiger partial charge on any atom is -0.481 e. The summed E-state index contributed by atoms with van der Waals surface area (Å²) in [6, 6.07) is 19.7. The first-order chi connectivity index (χ1) is 9.40. The number of carboxylic acids is 1. The quantitative estimate of drug-likeness (QED) is 0.906. The van der Waals surface area contributed by atoms with E-state index >= 15 is 0 Å². The highest BCUT2D eigenvalue weighted by atomic mass is 16.4. The lowest BCUT2D eigenvalue weighted by Gasteiger charge is -2.42. The van der Waals surface area contributed by atoms with Gasteiger partial charge in [0.25, 0.3) is 0 Å². The molecular formula is C18H20O2. The van der Waals surface area contributed by atoms with Crippen molar-refractivity contribution in [1.29, 1.82) is 0 Å². The Morgan fingerprint density at radius 1 is 0.800 bits per heavy atom. The van der Waals surface area contributed by atoms with Gasteiger partial charge in [-0.1, -0.05) is 67.6 Å². The molecule has 2 aromatic rings. The Labute approximate surface area is 120 Å². The van der Waals surface area contributed by atoms with E-state index in [-0.39, 0.29) is 0 Å². The summed E-state index contributed by atoms with van der Waals surface area (Å²) in [5.41, 5.74) is 0.508. The predicted octanol–water partition coefficient (Wildman–Crippen LogP) is 4.10. The molecule has 0 unspecified atom stereocenters. The van der Waals surface area contributed by atoms with Crippen LogP contribution in [0.5, 0.6) is 0 Å². The third-order valence-electron chi connectivity index (χ3n) is 4.49. The second-order valence-electron chi connectivity index (χ2n) is 5.79. The lowest BCUT2D eigenvalue weighted by molar-refractivity contribution is -0.150. The molecule has 2 rings (SSSR count). The van der Waals surface area contributed by atoms with Crippen LogP contribution in [0.2, 0.25) is 0 Å². The molecule has 0 spiro atoms. The van der Waals surface area contributed by atoms with Crippen molar-refractivity contribution in [2.45, 2.75) is 26.2 Å². The molecule has 0 fully saturated rings. The summed E-state index contributed by atoms with van der Waals surface area (Å²) < 4.78 is 0. The van der Waals surface area contributed by atoms with Gasteiger partial charge in [0, 0.05) is 5.41 Å². The van der Waals surface area contributed by atoms with Crippen molar-refractivity contribution in [3.63, 3.8) is 0 Å². The van der Waals surface area contributed by atoms with Crippen LogP contribution in [0.25, 0.3) is 0 Å². The summed E-state index contributed by atoms with van der Waals surface area (Å²) in [4.78, 5) is 11.8. The SMILES string of the molecule is CC(C)(C(=O)O)C(C)(c1ccccc1)c1ccccc1. The third-order valence-corrected chi connectivity index (χ3v) is 4.49. The second-order valence-corrected chi connectivity index (χ2v) is 5.79. The first-order valence-corrected chi connectivity index (χ1v) is 6.75. The molecular weight excluding hydrogens is 248 g/mol. The highest BCUT2D eigenvalue weighted by Crippen LogP contribution is 2.46.